The van der Waals surface area contributed by atoms with Crippen LogP contribution >= 0.6 is 11.3 Å². The maximum atomic E-state index is 12.2. The second-order valence-electron chi connectivity index (χ2n) is 5.11. The van der Waals surface area contributed by atoms with Crippen LogP contribution < -0.4 is 10.1 Å². The topological polar surface area (TPSA) is 67.4 Å². The van der Waals surface area contributed by atoms with Crippen molar-refractivity contribution in [2.75, 3.05) is 13.1 Å². The van der Waals surface area contributed by atoms with Gasteiger partial charge in [0.15, 0.2) is 0 Å². The van der Waals surface area contributed by atoms with Crippen LogP contribution in [0.25, 0.3) is 0 Å². The highest BCUT2D eigenvalue weighted by Gasteiger charge is 2.25. The largest absolute Gasteiger partial charge is 0.472 e. The van der Waals surface area contributed by atoms with E-state index in [1.807, 2.05) is 22.4 Å². The molecule has 1 unspecified atom stereocenters. The SMILES string of the molecule is O=C(NCc1cccs1)N1CCCC(Oc2ccncn2)C1. The maximum absolute atomic E-state index is 12.2. The minimum absolute atomic E-state index is 0.0175. The normalized spacial score (nSPS) is 18.0. The van der Waals surface area contributed by atoms with Crippen LogP contribution in [0.4, 0.5) is 4.79 Å². The van der Waals surface area contributed by atoms with Crippen molar-refractivity contribution in [3.63, 3.8) is 0 Å². The summed E-state index contributed by atoms with van der Waals surface area (Å²) in [6.45, 7) is 1.92. The predicted octanol–water partition coefficient (Wildman–Crippen LogP) is 2.29. The first-order chi connectivity index (χ1) is 10.8. The molecule has 116 valence electrons. The van der Waals surface area contributed by atoms with E-state index in [9.17, 15) is 4.79 Å². The fraction of sp³-hybridized carbons (Fsp3) is 0.400. The van der Waals surface area contributed by atoms with Gasteiger partial charge < -0.3 is 15.0 Å². The number of amides is 2. The Labute approximate surface area is 133 Å². The van der Waals surface area contributed by atoms with Crippen molar-refractivity contribution in [2.45, 2.75) is 25.5 Å². The Morgan fingerprint density at radius 3 is 3.23 bits per heavy atom. The second-order valence-corrected chi connectivity index (χ2v) is 6.15. The van der Waals surface area contributed by atoms with Crippen LogP contribution in [-0.2, 0) is 6.54 Å². The van der Waals surface area contributed by atoms with Gasteiger partial charge in [0.05, 0.1) is 13.1 Å². The summed E-state index contributed by atoms with van der Waals surface area (Å²) in [6.07, 6.45) is 4.96. The summed E-state index contributed by atoms with van der Waals surface area (Å²) in [5.41, 5.74) is 0. The zero-order valence-corrected chi connectivity index (χ0v) is 13.0. The molecule has 0 saturated carbocycles. The Morgan fingerprint density at radius 2 is 2.45 bits per heavy atom. The number of carbonyl (C=O) groups excluding carboxylic acids is 1. The van der Waals surface area contributed by atoms with Crippen molar-refractivity contribution < 1.29 is 9.53 Å². The lowest BCUT2D eigenvalue weighted by molar-refractivity contribution is 0.0976. The van der Waals surface area contributed by atoms with Crippen molar-refractivity contribution in [1.82, 2.24) is 20.2 Å². The van der Waals surface area contributed by atoms with Gasteiger partial charge in [-0.1, -0.05) is 6.07 Å². The molecule has 0 aromatic carbocycles. The number of hydrogen-bond acceptors (Lipinski definition) is 5. The fourth-order valence-electron chi connectivity index (χ4n) is 2.43. The van der Waals surface area contributed by atoms with Crippen LogP contribution in [0.3, 0.4) is 0 Å². The molecule has 0 bridgehead atoms. The number of nitrogens with one attached hydrogen (secondary N) is 1. The predicted molar refractivity (Wildman–Crippen MR) is 83.8 cm³/mol. The molecule has 1 atom stereocenters. The van der Waals surface area contributed by atoms with E-state index in [1.54, 1.807) is 23.6 Å². The first-order valence-electron chi connectivity index (χ1n) is 7.29. The lowest BCUT2D eigenvalue weighted by atomic mass is 10.1. The zero-order chi connectivity index (χ0) is 15.2. The van der Waals surface area contributed by atoms with Crippen LogP contribution in [-0.4, -0.2) is 40.1 Å². The van der Waals surface area contributed by atoms with Crippen molar-refractivity contribution >= 4 is 17.4 Å². The fourth-order valence-corrected chi connectivity index (χ4v) is 3.07. The molecule has 0 radical (unpaired) electrons. The third-order valence-corrected chi connectivity index (χ3v) is 4.38. The molecule has 1 fully saturated rings. The van der Waals surface area contributed by atoms with Crippen molar-refractivity contribution in [1.29, 1.82) is 0 Å². The molecule has 1 aliphatic rings. The van der Waals surface area contributed by atoms with Gasteiger partial charge in [-0.05, 0) is 24.3 Å². The number of hydrogen-bond donors (Lipinski definition) is 1. The number of carbonyl (C=O) groups is 1. The average molecular weight is 318 g/mol. The molecule has 3 heterocycles. The Balaban J connectivity index is 1.50. The maximum Gasteiger partial charge on any atom is 0.317 e. The number of rotatable bonds is 4. The molecule has 1 N–H and O–H groups in total. The highest BCUT2D eigenvalue weighted by molar-refractivity contribution is 7.09. The minimum Gasteiger partial charge on any atom is -0.472 e. The Hall–Kier alpha value is -2.15. The first-order valence-corrected chi connectivity index (χ1v) is 8.17. The molecule has 7 heteroatoms. The quantitative estimate of drug-likeness (QED) is 0.939. The summed E-state index contributed by atoms with van der Waals surface area (Å²) < 4.78 is 5.82. The summed E-state index contributed by atoms with van der Waals surface area (Å²) in [4.78, 5) is 23.1. The molecular weight excluding hydrogens is 300 g/mol. The van der Waals surface area contributed by atoms with Gasteiger partial charge in [0.2, 0.25) is 5.88 Å². The van der Waals surface area contributed by atoms with E-state index in [0.717, 1.165) is 24.3 Å². The monoisotopic (exact) mass is 318 g/mol. The molecule has 2 aromatic rings. The molecule has 2 aromatic heterocycles. The highest BCUT2D eigenvalue weighted by atomic mass is 32.1. The van der Waals surface area contributed by atoms with E-state index >= 15 is 0 Å². The number of thiophene rings is 1. The number of piperidine rings is 1. The van der Waals surface area contributed by atoms with Gasteiger partial charge >= 0.3 is 6.03 Å². The van der Waals surface area contributed by atoms with E-state index in [0.29, 0.717) is 19.0 Å². The van der Waals surface area contributed by atoms with E-state index < -0.39 is 0 Å². The van der Waals surface area contributed by atoms with E-state index in [2.05, 4.69) is 15.3 Å². The number of aromatic nitrogens is 2. The van der Waals surface area contributed by atoms with E-state index in [4.69, 9.17) is 4.74 Å². The van der Waals surface area contributed by atoms with E-state index in [-0.39, 0.29) is 12.1 Å². The Bertz CT molecular complexity index is 591. The molecule has 0 aliphatic carbocycles. The van der Waals surface area contributed by atoms with Gasteiger partial charge in [-0.15, -0.1) is 11.3 Å². The summed E-state index contributed by atoms with van der Waals surface area (Å²) >= 11 is 1.64. The highest BCUT2D eigenvalue weighted by Crippen LogP contribution is 2.16. The zero-order valence-electron chi connectivity index (χ0n) is 12.1. The average Bonchev–Trinajstić information content (AvgIpc) is 3.07. The number of nitrogens with zero attached hydrogens (tertiary/aromatic N) is 3. The molecule has 1 saturated heterocycles. The Kier molecular flexibility index (Phi) is 4.85. The molecule has 0 spiro atoms. The number of likely N-dealkylation sites (tertiary alicyclic amines) is 1. The van der Waals surface area contributed by atoms with Crippen molar-refractivity contribution in [2.24, 2.45) is 0 Å². The molecule has 2 amide bonds. The van der Waals surface area contributed by atoms with Gasteiger partial charge in [0, 0.05) is 23.7 Å². The standard InChI is InChI=1S/C15H18N4O2S/c20-15(17-9-13-4-2-8-22-13)19-7-1-3-12(10-19)21-14-5-6-16-11-18-14/h2,4-6,8,11-12H,1,3,7,9-10H2,(H,17,20). The van der Waals surface area contributed by atoms with Gasteiger partial charge in [0.25, 0.3) is 0 Å². The van der Waals surface area contributed by atoms with Crippen LogP contribution in [0.15, 0.2) is 36.1 Å². The second kappa shape index (κ2) is 7.22. The molecule has 3 rings (SSSR count). The van der Waals surface area contributed by atoms with Crippen molar-refractivity contribution in [3.8, 4) is 5.88 Å². The lowest BCUT2D eigenvalue weighted by Gasteiger charge is -2.32. The third-order valence-electron chi connectivity index (χ3n) is 3.50. The van der Waals surface area contributed by atoms with Crippen molar-refractivity contribution in [3.05, 3.63) is 41.0 Å². The lowest BCUT2D eigenvalue weighted by Crippen LogP contribution is -2.48. The van der Waals surface area contributed by atoms with Gasteiger partial charge in [-0.2, -0.15) is 0 Å². The summed E-state index contributed by atoms with van der Waals surface area (Å²) in [7, 11) is 0. The van der Waals surface area contributed by atoms with E-state index in [1.165, 1.54) is 6.33 Å². The van der Waals surface area contributed by atoms with Gasteiger partial charge in [-0.3, -0.25) is 0 Å². The van der Waals surface area contributed by atoms with Gasteiger partial charge in [-0.25, -0.2) is 14.8 Å². The smallest absolute Gasteiger partial charge is 0.317 e. The molecule has 6 nitrogen and oxygen atoms in total. The van der Waals surface area contributed by atoms with Crippen LogP contribution in [0.1, 0.15) is 17.7 Å². The first kappa shape index (κ1) is 14.8. The minimum atomic E-state index is -0.0376. The molecule has 1 aliphatic heterocycles. The van der Waals surface area contributed by atoms with Crippen LogP contribution in [0, 0.1) is 0 Å². The number of urea groups is 1. The Morgan fingerprint density at radius 1 is 1.50 bits per heavy atom. The number of ether oxygens (including phenoxy) is 1. The third kappa shape index (κ3) is 3.94. The van der Waals surface area contributed by atoms with Crippen LogP contribution in [0.2, 0.25) is 0 Å². The van der Waals surface area contributed by atoms with Crippen LogP contribution in [0.5, 0.6) is 5.88 Å². The summed E-state index contributed by atoms with van der Waals surface area (Å²) in [6, 6.07) is 5.70. The summed E-state index contributed by atoms with van der Waals surface area (Å²) in [5, 5.41) is 4.96. The molecular formula is C15H18N4O2S. The van der Waals surface area contributed by atoms with Gasteiger partial charge in [0.1, 0.15) is 12.4 Å². The summed E-state index contributed by atoms with van der Waals surface area (Å²) in [5.74, 6) is 0.556. The molecule has 22 heavy (non-hydrogen) atoms.